The van der Waals surface area contributed by atoms with Gasteiger partial charge in [0.15, 0.2) is 0 Å². The lowest BCUT2D eigenvalue weighted by molar-refractivity contribution is 0.0695. The highest BCUT2D eigenvalue weighted by Gasteiger charge is 2.29. The summed E-state index contributed by atoms with van der Waals surface area (Å²) in [5, 5.41) is 9.43. The number of fused-ring (bicyclic) bond motifs is 2. The zero-order valence-corrected chi connectivity index (χ0v) is 16.9. The summed E-state index contributed by atoms with van der Waals surface area (Å²) in [6, 6.07) is 12.0. The summed E-state index contributed by atoms with van der Waals surface area (Å²) in [5.74, 6) is -1.36. The molecule has 1 aliphatic heterocycles. The summed E-state index contributed by atoms with van der Waals surface area (Å²) >= 11 is 0. The summed E-state index contributed by atoms with van der Waals surface area (Å²) in [6.07, 6.45) is 3.44. The van der Waals surface area contributed by atoms with Gasteiger partial charge in [0.1, 0.15) is 5.56 Å². The minimum atomic E-state index is -3.85. The molecule has 0 bridgehead atoms. The fourth-order valence-corrected chi connectivity index (χ4v) is 5.25. The molecular formula is C22H20N2O5S. The molecule has 0 amide bonds. The number of pyridine rings is 1. The highest BCUT2D eigenvalue weighted by molar-refractivity contribution is 7.89. The van der Waals surface area contributed by atoms with Gasteiger partial charge in [-0.3, -0.25) is 4.79 Å². The van der Waals surface area contributed by atoms with Crippen molar-refractivity contribution in [3.8, 4) is 0 Å². The second-order valence-corrected chi connectivity index (χ2v) is 9.09. The van der Waals surface area contributed by atoms with Gasteiger partial charge in [-0.15, -0.1) is 6.58 Å². The number of carboxylic acid groups (broad SMARTS) is 1. The first-order valence-corrected chi connectivity index (χ1v) is 10.9. The van der Waals surface area contributed by atoms with Crippen LogP contribution in [0.3, 0.4) is 0 Å². The maximum atomic E-state index is 13.3. The summed E-state index contributed by atoms with van der Waals surface area (Å²) < 4.78 is 29.5. The van der Waals surface area contributed by atoms with Gasteiger partial charge in [0.25, 0.3) is 0 Å². The molecule has 0 fully saturated rings. The Morgan fingerprint density at radius 1 is 1.17 bits per heavy atom. The number of rotatable bonds is 5. The van der Waals surface area contributed by atoms with Crippen LogP contribution in [0.2, 0.25) is 0 Å². The number of carbonyl (C=O) groups is 1. The lowest BCUT2D eigenvalue weighted by Gasteiger charge is -2.28. The predicted octanol–water partition coefficient (Wildman–Crippen LogP) is 2.63. The van der Waals surface area contributed by atoms with Gasteiger partial charge < -0.3 is 9.67 Å². The second kappa shape index (κ2) is 7.55. The zero-order chi connectivity index (χ0) is 21.5. The Bertz CT molecular complexity index is 1340. The molecule has 0 saturated heterocycles. The molecule has 1 aliphatic rings. The van der Waals surface area contributed by atoms with E-state index in [0.717, 1.165) is 11.1 Å². The fourth-order valence-electron chi connectivity index (χ4n) is 3.80. The Balaban J connectivity index is 1.83. The molecule has 0 unspecified atom stereocenters. The summed E-state index contributed by atoms with van der Waals surface area (Å²) in [6.45, 7) is 4.53. The third-order valence-corrected chi connectivity index (χ3v) is 7.18. The highest BCUT2D eigenvalue weighted by atomic mass is 32.2. The molecule has 4 rings (SSSR count). The molecule has 30 heavy (non-hydrogen) atoms. The van der Waals surface area contributed by atoms with Gasteiger partial charge in [0, 0.05) is 31.2 Å². The largest absolute Gasteiger partial charge is 0.477 e. The van der Waals surface area contributed by atoms with E-state index in [1.54, 1.807) is 10.6 Å². The molecule has 0 atom stereocenters. The Morgan fingerprint density at radius 3 is 2.60 bits per heavy atom. The second-order valence-electron chi connectivity index (χ2n) is 7.15. The van der Waals surface area contributed by atoms with Crippen molar-refractivity contribution in [2.45, 2.75) is 24.4 Å². The lowest BCUT2D eigenvalue weighted by Crippen LogP contribution is -2.36. The number of allylic oxidation sites excluding steroid dienone is 1. The monoisotopic (exact) mass is 424 g/mol. The normalized spacial score (nSPS) is 14.4. The minimum Gasteiger partial charge on any atom is -0.477 e. The molecule has 0 spiro atoms. The van der Waals surface area contributed by atoms with E-state index in [1.165, 1.54) is 28.7 Å². The zero-order valence-electron chi connectivity index (χ0n) is 16.1. The maximum Gasteiger partial charge on any atom is 0.341 e. The Labute approximate surface area is 173 Å². The number of nitrogens with zero attached hydrogens (tertiary/aromatic N) is 2. The van der Waals surface area contributed by atoms with Crippen LogP contribution in [-0.2, 0) is 29.5 Å². The molecular weight excluding hydrogens is 404 g/mol. The van der Waals surface area contributed by atoms with Crippen molar-refractivity contribution in [2.75, 3.05) is 6.54 Å². The average molecular weight is 424 g/mol. The van der Waals surface area contributed by atoms with E-state index in [0.29, 0.717) is 18.5 Å². The quantitative estimate of drug-likeness (QED) is 0.635. The number of aromatic carboxylic acids is 1. The van der Waals surface area contributed by atoms with Crippen LogP contribution in [0.4, 0.5) is 0 Å². The van der Waals surface area contributed by atoms with Crippen molar-refractivity contribution < 1.29 is 18.3 Å². The molecule has 1 N–H and O–H groups in total. The SMILES string of the molecule is C=CCn1cc(C(=O)O)c(=O)c2cc(S(=O)(=O)N3CCc4ccccc4C3)ccc21. The van der Waals surface area contributed by atoms with Gasteiger partial charge in [-0.25, -0.2) is 13.2 Å². The molecule has 8 heteroatoms. The molecule has 0 radical (unpaired) electrons. The molecule has 0 saturated carbocycles. The average Bonchev–Trinajstić information content (AvgIpc) is 2.75. The molecule has 7 nitrogen and oxygen atoms in total. The van der Waals surface area contributed by atoms with Crippen molar-refractivity contribution in [3.05, 3.63) is 88.2 Å². The van der Waals surface area contributed by atoms with E-state index in [4.69, 9.17) is 0 Å². The number of sulfonamides is 1. The van der Waals surface area contributed by atoms with Gasteiger partial charge in [0.2, 0.25) is 15.5 Å². The molecule has 2 aromatic carbocycles. The van der Waals surface area contributed by atoms with Crippen LogP contribution in [0.15, 0.2) is 71.0 Å². The van der Waals surface area contributed by atoms with E-state index in [2.05, 4.69) is 6.58 Å². The van der Waals surface area contributed by atoms with Crippen molar-refractivity contribution in [1.82, 2.24) is 8.87 Å². The van der Waals surface area contributed by atoms with Gasteiger partial charge in [0.05, 0.1) is 10.4 Å². The van der Waals surface area contributed by atoms with Crippen LogP contribution < -0.4 is 5.43 Å². The van der Waals surface area contributed by atoms with E-state index < -0.39 is 27.0 Å². The molecule has 154 valence electrons. The third kappa shape index (κ3) is 3.34. The van der Waals surface area contributed by atoms with E-state index >= 15 is 0 Å². The summed E-state index contributed by atoms with van der Waals surface area (Å²) in [7, 11) is -3.85. The minimum absolute atomic E-state index is 0.0285. The van der Waals surface area contributed by atoms with Crippen LogP contribution >= 0.6 is 0 Å². The Kier molecular flexibility index (Phi) is 5.05. The fraction of sp³-hybridized carbons (Fsp3) is 0.182. The summed E-state index contributed by atoms with van der Waals surface area (Å²) in [4.78, 5) is 24.2. The van der Waals surface area contributed by atoms with Crippen molar-refractivity contribution in [2.24, 2.45) is 0 Å². The van der Waals surface area contributed by atoms with Gasteiger partial charge >= 0.3 is 5.97 Å². The molecule has 1 aromatic heterocycles. The van der Waals surface area contributed by atoms with E-state index in [-0.39, 0.29) is 23.4 Å². The van der Waals surface area contributed by atoms with E-state index in [9.17, 15) is 23.1 Å². The molecule has 2 heterocycles. The molecule has 3 aromatic rings. The van der Waals surface area contributed by atoms with Crippen LogP contribution in [0.1, 0.15) is 21.5 Å². The highest BCUT2D eigenvalue weighted by Crippen LogP contribution is 2.26. The number of carboxylic acids is 1. The van der Waals surface area contributed by atoms with Crippen molar-refractivity contribution in [1.29, 1.82) is 0 Å². The number of aromatic nitrogens is 1. The standard InChI is InChI=1S/C22H20N2O5S/c1-2-10-23-14-19(22(26)27)21(25)18-12-17(7-8-20(18)23)30(28,29)24-11-9-15-5-3-4-6-16(15)13-24/h2-8,12,14H,1,9-11,13H2,(H,26,27). The lowest BCUT2D eigenvalue weighted by atomic mass is 10.0. The smallest absolute Gasteiger partial charge is 0.341 e. The van der Waals surface area contributed by atoms with Crippen LogP contribution in [-0.4, -0.2) is 34.9 Å². The number of benzene rings is 2. The summed E-state index contributed by atoms with van der Waals surface area (Å²) in [5.41, 5.74) is 1.41. The van der Waals surface area contributed by atoms with Crippen LogP contribution in [0.5, 0.6) is 0 Å². The third-order valence-electron chi connectivity index (χ3n) is 5.34. The Hall–Kier alpha value is -3.23. The van der Waals surface area contributed by atoms with Crippen molar-refractivity contribution >= 4 is 26.9 Å². The van der Waals surface area contributed by atoms with Crippen LogP contribution in [0, 0.1) is 0 Å². The molecule has 0 aliphatic carbocycles. The topological polar surface area (TPSA) is 96.7 Å². The van der Waals surface area contributed by atoms with E-state index in [1.807, 2.05) is 24.3 Å². The first-order valence-electron chi connectivity index (χ1n) is 9.41. The van der Waals surface area contributed by atoms with Crippen molar-refractivity contribution in [3.63, 3.8) is 0 Å². The Morgan fingerprint density at radius 2 is 1.90 bits per heavy atom. The maximum absolute atomic E-state index is 13.3. The first-order chi connectivity index (χ1) is 14.3. The number of hydrogen-bond acceptors (Lipinski definition) is 4. The van der Waals surface area contributed by atoms with Gasteiger partial charge in [-0.1, -0.05) is 30.3 Å². The first kappa shape index (κ1) is 20.1. The number of hydrogen-bond donors (Lipinski definition) is 1. The van der Waals surface area contributed by atoms with Crippen LogP contribution in [0.25, 0.3) is 10.9 Å². The predicted molar refractivity (Wildman–Crippen MR) is 113 cm³/mol. The van der Waals surface area contributed by atoms with Gasteiger partial charge in [-0.2, -0.15) is 4.31 Å². The van der Waals surface area contributed by atoms with Gasteiger partial charge in [-0.05, 0) is 35.7 Å².